The fourth-order valence-corrected chi connectivity index (χ4v) is 3.04. The van der Waals surface area contributed by atoms with Gasteiger partial charge in [0.25, 0.3) is 0 Å². The second-order valence-corrected chi connectivity index (χ2v) is 7.68. The molecule has 1 fully saturated rings. The van der Waals surface area contributed by atoms with E-state index in [0.717, 1.165) is 30.1 Å². The smallest absolute Gasteiger partial charge is 0.324 e. The highest BCUT2D eigenvalue weighted by molar-refractivity contribution is 5.99. The van der Waals surface area contributed by atoms with Crippen molar-refractivity contribution in [3.05, 3.63) is 60.7 Å². The van der Waals surface area contributed by atoms with Gasteiger partial charge in [0, 0.05) is 17.2 Å². The molecular weight excluding hydrogens is 382 g/mol. The van der Waals surface area contributed by atoms with E-state index < -0.39 is 6.03 Å². The monoisotopic (exact) mass is 405 g/mol. The average molecular weight is 405 g/mol. The summed E-state index contributed by atoms with van der Waals surface area (Å²) in [6.45, 7) is 6.23. The van der Waals surface area contributed by atoms with Crippen LogP contribution in [0.4, 0.5) is 16.3 Å². The number of nitrogens with one attached hydrogen (secondary N) is 2. The molecule has 4 rings (SSSR count). The molecule has 3 aromatic rings. The summed E-state index contributed by atoms with van der Waals surface area (Å²) in [6, 6.07) is 8.95. The van der Waals surface area contributed by atoms with Crippen molar-refractivity contribution in [2.45, 2.75) is 13.8 Å². The van der Waals surface area contributed by atoms with Crippen LogP contribution in [0.5, 0.6) is 5.75 Å². The van der Waals surface area contributed by atoms with Gasteiger partial charge in [0.1, 0.15) is 5.75 Å². The quantitative estimate of drug-likeness (QED) is 0.645. The maximum Gasteiger partial charge on any atom is 0.324 e. The number of pyridine rings is 1. The lowest BCUT2D eigenvalue weighted by Gasteiger charge is -2.37. The molecule has 1 saturated heterocycles. The van der Waals surface area contributed by atoms with E-state index in [0.29, 0.717) is 23.8 Å². The number of carbonyl (C=O) groups excluding carboxylic acids is 1. The molecule has 8 nitrogen and oxygen atoms in total. The number of anilines is 2. The molecule has 0 atom stereocenters. The zero-order valence-corrected chi connectivity index (χ0v) is 16.9. The zero-order chi connectivity index (χ0) is 21.0. The number of benzene rings is 1. The maximum atomic E-state index is 12.2. The molecule has 2 amide bonds. The van der Waals surface area contributed by atoms with Gasteiger partial charge in [-0.05, 0) is 42.8 Å². The lowest BCUT2D eigenvalue weighted by Crippen LogP contribution is -2.44. The Morgan fingerprint density at radius 3 is 2.73 bits per heavy atom. The molecular formula is C22H23N5O3. The van der Waals surface area contributed by atoms with Crippen LogP contribution in [0.3, 0.4) is 0 Å². The number of urea groups is 1. The van der Waals surface area contributed by atoms with Gasteiger partial charge in [0.05, 0.1) is 49.8 Å². The Morgan fingerprint density at radius 2 is 2.03 bits per heavy atom. The van der Waals surface area contributed by atoms with E-state index in [9.17, 15) is 4.79 Å². The first-order valence-corrected chi connectivity index (χ1v) is 9.62. The Balaban J connectivity index is 1.42. The van der Waals surface area contributed by atoms with Crippen molar-refractivity contribution in [1.29, 1.82) is 0 Å². The number of aromatic nitrogens is 3. The van der Waals surface area contributed by atoms with Crippen LogP contribution in [0.2, 0.25) is 0 Å². The van der Waals surface area contributed by atoms with E-state index >= 15 is 0 Å². The number of hydrogen-bond acceptors (Lipinski definition) is 6. The van der Waals surface area contributed by atoms with Gasteiger partial charge in [-0.1, -0.05) is 6.92 Å². The molecule has 1 aliphatic rings. The zero-order valence-electron chi connectivity index (χ0n) is 16.9. The minimum Gasteiger partial charge on any atom is -0.493 e. The number of ether oxygens (including phenoxy) is 2. The van der Waals surface area contributed by atoms with Crippen LogP contribution in [0.1, 0.15) is 12.5 Å². The fourth-order valence-electron chi connectivity index (χ4n) is 3.04. The van der Waals surface area contributed by atoms with Gasteiger partial charge in [-0.25, -0.2) is 9.78 Å². The Morgan fingerprint density at radius 1 is 1.17 bits per heavy atom. The van der Waals surface area contributed by atoms with Crippen molar-refractivity contribution >= 4 is 17.5 Å². The Hall–Kier alpha value is -3.52. The van der Waals surface area contributed by atoms with Crippen LogP contribution < -0.4 is 15.4 Å². The first-order chi connectivity index (χ1) is 14.5. The van der Waals surface area contributed by atoms with Gasteiger partial charge in [-0.15, -0.1) is 0 Å². The number of carbonyl (C=O) groups is 1. The second kappa shape index (κ2) is 8.46. The summed E-state index contributed by atoms with van der Waals surface area (Å²) in [7, 11) is 0. The molecule has 3 heterocycles. The lowest BCUT2D eigenvalue weighted by atomic mass is 9.90. The summed E-state index contributed by atoms with van der Waals surface area (Å²) in [5.41, 5.74) is 3.23. The first-order valence-electron chi connectivity index (χ1n) is 9.62. The third-order valence-electron chi connectivity index (χ3n) is 4.74. The van der Waals surface area contributed by atoms with Crippen molar-refractivity contribution in [3.8, 4) is 17.0 Å². The molecule has 2 N–H and O–H groups in total. The molecule has 0 bridgehead atoms. The molecule has 154 valence electrons. The summed E-state index contributed by atoms with van der Waals surface area (Å²) in [5, 5.41) is 5.38. The molecule has 2 aromatic heterocycles. The maximum absolute atomic E-state index is 12.2. The van der Waals surface area contributed by atoms with E-state index in [-0.39, 0.29) is 5.41 Å². The number of amides is 2. The topological polar surface area (TPSA) is 98.3 Å². The van der Waals surface area contributed by atoms with Gasteiger partial charge in [-0.3, -0.25) is 15.3 Å². The van der Waals surface area contributed by atoms with Crippen molar-refractivity contribution in [3.63, 3.8) is 0 Å². The third kappa shape index (κ3) is 4.72. The molecule has 0 saturated carbocycles. The van der Waals surface area contributed by atoms with Crippen LogP contribution in [-0.4, -0.2) is 40.8 Å². The third-order valence-corrected chi connectivity index (χ3v) is 4.74. The van der Waals surface area contributed by atoms with Crippen molar-refractivity contribution < 1.29 is 14.3 Å². The van der Waals surface area contributed by atoms with E-state index in [1.54, 1.807) is 30.7 Å². The number of hydrogen-bond donors (Lipinski definition) is 2. The van der Waals surface area contributed by atoms with Gasteiger partial charge in [0.15, 0.2) is 5.82 Å². The van der Waals surface area contributed by atoms with Crippen LogP contribution in [0.25, 0.3) is 11.3 Å². The summed E-state index contributed by atoms with van der Waals surface area (Å²) in [6.07, 6.45) is 6.36. The fraction of sp³-hybridized carbons (Fsp3) is 0.273. The Kier molecular flexibility index (Phi) is 5.58. The summed E-state index contributed by atoms with van der Waals surface area (Å²) in [5.74, 6) is 1.19. The lowest BCUT2D eigenvalue weighted by molar-refractivity contribution is -0.120. The Bertz CT molecular complexity index is 1040. The number of nitrogens with zero attached hydrogens (tertiary/aromatic N) is 3. The highest BCUT2D eigenvalue weighted by Crippen LogP contribution is 2.30. The van der Waals surface area contributed by atoms with E-state index in [1.165, 1.54) is 6.20 Å². The van der Waals surface area contributed by atoms with Crippen molar-refractivity contribution in [1.82, 2.24) is 15.0 Å². The standard InChI is InChI=1S/C22H23N5O3/c1-15-8-16(5-6-19(15)30-14-22(2)12-29-13-22)18-10-24-11-20(26-18)27-21(28)25-17-4-3-7-23-9-17/h3-11H,12-14H2,1-2H3,(H2,25,26,27,28). The van der Waals surface area contributed by atoms with E-state index in [2.05, 4.69) is 32.5 Å². The SMILES string of the molecule is Cc1cc(-c2cncc(NC(=O)Nc3cccnc3)n2)ccc1OCC1(C)COC1. The van der Waals surface area contributed by atoms with Crippen molar-refractivity contribution in [2.24, 2.45) is 5.41 Å². The second-order valence-electron chi connectivity index (χ2n) is 7.68. The summed E-state index contributed by atoms with van der Waals surface area (Å²) < 4.78 is 11.3. The molecule has 0 radical (unpaired) electrons. The van der Waals surface area contributed by atoms with E-state index in [1.807, 2.05) is 25.1 Å². The van der Waals surface area contributed by atoms with Crippen molar-refractivity contribution in [2.75, 3.05) is 30.5 Å². The molecule has 30 heavy (non-hydrogen) atoms. The van der Waals surface area contributed by atoms with Gasteiger partial charge in [-0.2, -0.15) is 0 Å². The predicted molar refractivity (Wildman–Crippen MR) is 114 cm³/mol. The number of rotatable bonds is 6. The normalized spacial score (nSPS) is 14.5. The van der Waals surface area contributed by atoms with E-state index in [4.69, 9.17) is 9.47 Å². The predicted octanol–water partition coefficient (Wildman–Crippen LogP) is 3.91. The minimum absolute atomic E-state index is 0.0903. The molecule has 0 unspecified atom stereocenters. The molecule has 0 spiro atoms. The Labute approximate surface area is 174 Å². The average Bonchev–Trinajstić information content (AvgIpc) is 2.72. The largest absolute Gasteiger partial charge is 0.493 e. The molecule has 8 heteroatoms. The van der Waals surface area contributed by atoms with Crippen LogP contribution in [-0.2, 0) is 4.74 Å². The minimum atomic E-state index is -0.414. The van der Waals surface area contributed by atoms with Gasteiger partial charge >= 0.3 is 6.03 Å². The van der Waals surface area contributed by atoms with Gasteiger partial charge < -0.3 is 14.8 Å². The van der Waals surface area contributed by atoms with Gasteiger partial charge in [0.2, 0.25) is 0 Å². The summed E-state index contributed by atoms with van der Waals surface area (Å²) in [4.78, 5) is 24.8. The highest BCUT2D eigenvalue weighted by atomic mass is 16.5. The molecule has 1 aromatic carbocycles. The number of aryl methyl sites for hydroxylation is 1. The first kappa shape index (κ1) is 19.8. The van der Waals surface area contributed by atoms with Crippen LogP contribution in [0.15, 0.2) is 55.1 Å². The molecule has 0 aliphatic carbocycles. The molecule has 1 aliphatic heterocycles. The van der Waals surface area contributed by atoms with Crippen LogP contribution >= 0.6 is 0 Å². The van der Waals surface area contributed by atoms with Crippen LogP contribution in [0, 0.1) is 12.3 Å². The summed E-state index contributed by atoms with van der Waals surface area (Å²) >= 11 is 0. The highest BCUT2D eigenvalue weighted by Gasteiger charge is 2.34.